The zero-order chi connectivity index (χ0) is 12.8. The molecule has 7 nitrogen and oxygen atoms in total. The fraction of sp³-hybridized carbons (Fsp3) is 0.200. The van der Waals surface area contributed by atoms with Gasteiger partial charge in [0.25, 0.3) is 0 Å². The Morgan fingerprint density at radius 3 is 2.24 bits per heavy atom. The maximum absolute atomic E-state index is 11.1. The molecule has 7 heteroatoms. The van der Waals surface area contributed by atoms with Crippen molar-refractivity contribution in [2.24, 2.45) is 16.6 Å². The number of hydrazone groups is 1. The van der Waals surface area contributed by atoms with Crippen LogP contribution >= 0.6 is 0 Å². The molecule has 0 aliphatic rings. The minimum absolute atomic E-state index is 0.103. The summed E-state index contributed by atoms with van der Waals surface area (Å²) in [4.78, 5) is 0.103. The molecular weight excluding hydrogens is 224 g/mol. The minimum Gasteiger partial charge on any atom is -0.722 e. The Kier molecular flexibility index (Phi) is 4.15. The summed E-state index contributed by atoms with van der Waals surface area (Å²) < 4.78 is 10.2. The van der Waals surface area contributed by atoms with Crippen molar-refractivity contribution in [2.45, 2.75) is 0 Å². The smallest absolute Gasteiger partial charge is 0.366 e. The number of nitrogens with two attached hydrogens (primary N) is 2. The first-order valence-electron chi connectivity index (χ1n) is 4.70. The van der Waals surface area contributed by atoms with Crippen LogP contribution in [0.3, 0.4) is 0 Å². The molecule has 0 aliphatic carbocycles. The molecule has 1 aromatic carbocycles. The molecule has 0 aliphatic heterocycles. The highest BCUT2D eigenvalue weighted by Gasteiger charge is 2.07. The Morgan fingerprint density at radius 1 is 1.29 bits per heavy atom. The van der Waals surface area contributed by atoms with E-state index in [9.17, 15) is 5.21 Å². The third-order valence-corrected chi connectivity index (χ3v) is 1.98. The molecule has 0 spiro atoms. The molecule has 92 valence electrons. The summed E-state index contributed by atoms with van der Waals surface area (Å²) in [6, 6.07) is 5.19. The fourth-order valence-corrected chi connectivity index (χ4v) is 1.18. The highest BCUT2D eigenvalue weighted by Crippen LogP contribution is 2.26. The Morgan fingerprint density at radius 2 is 1.82 bits per heavy atom. The molecule has 17 heavy (non-hydrogen) atoms. The van der Waals surface area contributed by atoms with Crippen LogP contribution < -0.4 is 20.9 Å². The van der Waals surface area contributed by atoms with Crippen molar-refractivity contribution in [3.63, 3.8) is 0 Å². The molecular formula is C10H14N4O3. The fourth-order valence-electron chi connectivity index (χ4n) is 1.18. The van der Waals surface area contributed by atoms with E-state index < -0.39 is 5.96 Å². The quantitative estimate of drug-likeness (QED) is 0.249. The van der Waals surface area contributed by atoms with Gasteiger partial charge in [-0.15, -0.1) is 9.95 Å². The summed E-state index contributed by atoms with van der Waals surface area (Å²) in [7, 11) is 3.01. The standard InChI is InChI=1S/C10H14N4O3/c1-16-8-4-3-5-9(17-2)7(8)6-13-14(15)10(11)12/h3-6H,11-12H2,1-2H3/b13-6+. The molecule has 0 amide bonds. The lowest BCUT2D eigenvalue weighted by atomic mass is 10.2. The van der Waals surface area contributed by atoms with Crippen LogP contribution in [0.2, 0.25) is 0 Å². The summed E-state index contributed by atoms with van der Waals surface area (Å²) in [5, 5.41) is 14.6. The molecule has 0 unspecified atom stereocenters. The molecule has 0 radical (unpaired) electrons. The maximum Gasteiger partial charge on any atom is 0.366 e. The average molecular weight is 238 g/mol. The average Bonchev–Trinajstić information content (AvgIpc) is 2.34. The maximum atomic E-state index is 11.1. The second kappa shape index (κ2) is 5.59. The molecule has 0 atom stereocenters. The highest BCUT2D eigenvalue weighted by atomic mass is 16.5. The Hall–Kier alpha value is -2.44. The predicted octanol–water partition coefficient (Wildman–Crippen LogP) is -0.179. The van der Waals surface area contributed by atoms with E-state index in [-0.39, 0.29) is 4.85 Å². The molecule has 4 N–H and O–H groups in total. The molecule has 0 bridgehead atoms. The zero-order valence-electron chi connectivity index (χ0n) is 9.58. The van der Waals surface area contributed by atoms with Gasteiger partial charge in [0.15, 0.2) is 0 Å². The van der Waals surface area contributed by atoms with Gasteiger partial charge >= 0.3 is 5.96 Å². The minimum atomic E-state index is -0.449. The van der Waals surface area contributed by atoms with Gasteiger partial charge in [0.05, 0.1) is 26.0 Å². The summed E-state index contributed by atoms with van der Waals surface area (Å²) in [6.07, 6.45) is 1.27. The van der Waals surface area contributed by atoms with Gasteiger partial charge in [-0.3, -0.25) is 11.5 Å². The van der Waals surface area contributed by atoms with Crippen LogP contribution in [0.15, 0.2) is 23.3 Å². The van der Waals surface area contributed by atoms with Gasteiger partial charge < -0.3 is 14.7 Å². The molecule has 0 heterocycles. The first kappa shape index (κ1) is 12.6. The van der Waals surface area contributed by atoms with Crippen LogP contribution in [0.1, 0.15) is 5.56 Å². The molecule has 0 saturated heterocycles. The SMILES string of the molecule is COc1cccc(OC)c1/C=N/[N+]([O-])=C(N)N. The summed E-state index contributed by atoms with van der Waals surface area (Å²) >= 11 is 0. The lowest BCUT2D eigenvalue weighted by molar-refractivity contribution is -0.463. The van der Waals surface area contributed by atoms with Crippen LogP contribution in [0.5, 0.6) is 11.5 Å². The second-order valence-corrected chi connectivity index (χ2v) is 3.02. The van der Waals surface area contributed by atoms with Crippen molar-refractivity contribution in [3.05, 3.63) is 29.0 Å². The summed E-state index contributed by atoms with van der Waals surface area (Å²) in [5.41, 5.74) is 10.7. The second-order valence-electron chi connectivity index (χ2n) is 3.02. The number of nitrogens with zero attached hydrogens (tertiary/aromatic N) is 2. The number of ether oxygens (including phenoxy) is 2. The van der Waals surface area contributed by atoms with Crippen LogP contribution in [0, 0.1) is 5.21 Å². The monoisotopic (exact) mass is 238 g/mol. The first-order chi connectivity index (χ1) is 8.10. The Balaban J connectivity index is 3.16. The molecule has 1 rings (SSSR count). The van der Waals surface area contributed by atoms with Crippen molar-refractivity contribution in [3.8, 4) is 11.5 Å². The molecule has 1 aromatic rings. The van der Waals surface area contributed by atoms with E-state index >= 15 is 0 Å². The Bertz CT molecular complexity index is 431. The van der Waals surface area contributed by atoms with Crippen LogP contribution in [0.4, 0.5) is 0 Å². The van der Waals surface area contributed by atoms with Crippen LogP contribution in [-0.4, -0.2) is 31.2 Å². The van der Waals surface area contributed by atoms with Crippen molar-refractivity contribution in [2.75, 3.05) is 14.2 Å². The number of guanidine groups is 1. The van der Waals surface area contributed by atoms with Gasteiger partial charge in [-0.25, -0.2) is 0 Å². The van der Waals surface area contributed by atoms with Crippen molar-refractivity contribution in [1.29, 1.82) is 0 Å². The number of hydrogen-bond acceptors (Lipinski definition) is 4. The van der Waals surface area contributed by atoms with Gasteiger partial charge in [-0.1, -0.05) is 6.07 Å². The molecule has 0 fully saturated rings. The molecule has 0 aromatic heterocycles. The number of benzene rings is 1. The van der Waals surface area contributed by atoms with Crippen molar-refractivity contribution in [1.82, 2.24) is 0 Å². The van der Waals surface area contributed by atoms with Crippen molar-refractivity contribution < 1.29 is 14.3 Å². The highest BCUT2D eigenvalue weighted by molar-refractivity contribution is 5.87. The van der Waals surface area contributed by atoms with Gasteiger partial charge in [0.1, 0.15) is 11.5 Å². The summed E-state index contributed by atoms with van der Waals surface area (Å²) in [6.45, 7) is 0. The topological polar surface area (TPSA) is 109 Å². The van der Waals surface area contributed by atoms with E-state index in [4.69, 9.17) is 20.9 Å². The lowest BCUT2D eigenvalue weighted by Gasteiger charge is -2.09. The molecule has 0 saturated carbocycles. The van der Waals surface area contributed by atoms with Crippen LogP contribution in [0.25, 0.3) is 0 Å². The van der Waals surface area contributed by atoms with Crippen molar-refractivity contribution >= 4 is 12.2 Å². The Labute approximate surface area is 98.5 Å². The van der Waals surface area contributed by atoms with Gasteiger partial charge in [0.2, 0.25) is 0 Å². The van der Waals surface area contributed by atoms with E-state index in [1.165, 1.54) is 20.4 Å². The number of hydrogen-bond donors (Lipinski definition) is 2. The third kappa shape index (κ3) is 3.00. The van der Waals surface area contributed by atoms with E-state index in [0.29, 0.717) is 17.1 Å². The normalized spacial score (nSPS) is 10.2. The van der Waals surface area contributed by atoms with E-state index in [1.807, 2.05) is 0 Å². The first-order valence-corrected chi connectivity index (χ1v) is 4.70. The van der Waals surface area contributed by atoms with Gasteiger partial charge in [-0.2, -0.15) is 0 Å². The summed E-state index contributed by atoms with van der Waals surface area (Å²) in [5.74, 6) is 0.601. The number of rotatable bonds is 4. The van der Waals surface area contributed by atoms with Crippen LogP contribution in [-0.2, 0) is 0 Å². The van der Waals surface area contributed by atoms with Gasteiger partial charge in [-0.05, 0) is 12.1 Å². The van der Waals surface area contributed by atoms with E-state index in [0.717, 1.165) is 0 Å². The third-order valence-electron chi connectivity index (χ3n) is 1.98. The van der Waals surface area contributed by atoms with E-state index in [1.54, 1.807) is 18.2 Å². The zero-order valence-corrected chi connectivity index (χ0v) is 9.58. The number of methoxy groups -OCH3 is 2. The van der Waals surface area contributed by atoms with Gasteiger partial charge in [0, 0.05) is 0 Å². The predicted molar refractivity (Wildman–Crippen MR) is 64.1 cm³/mol. The van der Waals surface area contributed by atoms with E-state index in [2.05, 4.69) is 5.10 Å². The largest absolute Gasteiger partial charge is 0.722 e. The lowest BCUT2D eigenvalue weighted by Crippen LogP contribution is -2.30.